The minimum absolute atomic E-state index is 0.0733. The smallest absolute Gasteiger partial charge is 0.196 e. The Balaban J connectivity index is 1.94. The monoisotopic (exact) mass is 291 g/mol. The van der Waals surface area contributed by atoms with Crippen LogP contribution in [0.4, 0.5) is 5.69 Å². The summed E-state index contributed by atoms with van der Waals surface area (Å²) < 4.78 is 0. The Morgan fingerprint density at radius 2 is 1.95 bits per heavy atom. The maximum absolute atomic E-state index is 6.18. The number of halogens is 1. The molecular weight excluding hydrogens is 270 g/mol. The van der Waals surface area contributed by atoms with Crippen LogP contribution in [-0.2, 0) is 0 Å². The summed E-state index contributed by atoms with van der Waals surface area (Å²) in [6, 6.07) is 7.93. The van der Waals surface area contributed by atoms with Crippen LogP contribution in [0, 0.1) is 11.8 Å². The lowest BCUT2D eigenvalue weighted by molar-refractivity contribution is 0.189. The summed E-state index contributed by atoms with van der Waals surface area (Å²) in [6.07, 6.45) is 3.56. The standard InChI is InChI=1S/C16H22ClN3/c1-11-7-8-16(9-12(11)2)10-19-15(18)20(16)14-5-3-13(17)4-6-14/h3-6,11-12H,7-10H2,1-2H3,(H2,18,19). The van der Waals surface area contributed by atoms with Crippen molar-refractivity contribution in [1.29, 1.82) is 0 Å². The van der Waals surface area contributed by atoms with Gasteiger partial charge in [-0.05, 0) is 55.4 Å². The molecule has 1 spiro atoms. The molecule has 1 heterocycles. The Morgan fingerprint density at radius 1 is 1.25 bits per heavy atom. The topological polar surface area (TPSA) is 41.6 Å². The van der Waals surface area contributed by atoms with Gasteiger partial charge in [0.25, 0.3) is 0 Å². The van der Waals surface area contributed by atoms with Crippen LogP contribution in [0.3, 0.4) is 0 Å². The van der Waals surface area contributed by atoms with Crippen molar-refractivity contribution in [3.8, 4) is 0 Å². The molecule has 20 heavy (non-hydrogen) atoms. The maximum atomic E-state index is 6.18. The first-order valence-corrected chi connectivity index (χ1v) is 7.75. The second-order valence-electron chi connectivity index (χ2n) is 6.41. The van der Waals surface area contributed by atoms with Crippen LogP contribution < -0.4 is 10.6 Å². The van der Waals surface area contributed by atoms with Crippen molar-refractivity contribution in [1.82, 2.24) is 0 Å². The highest BCUT2D eigenvalue weighted by molar-refractivity contribution is 6.30. The molecule has 0 amide bonds. The van der Waals surface area contributed by atoms with Gasteiger partial charge in [-0.1, -0.05) is 25.4 Å². The van der Waals surface area contributed by atoms with Gasteiger partial charge in [0.15, 0.2) is 5.96 Å². The Kier molecular flexibility index (Phi) is 3.41. The van der Waals surface area contributed by atoms with Gasteiger partial charge in [-0.15, -0.1) is 0 Å². The number of anilines is 1. The summed E-state index contributed by atoms with van der Waals surface area (Å²) in [6.45, 7) is 5.52. The van der Waals surface area contributed by atoms with Crippen molar-refractivity contribution in [3.05, 3.63) is 29.3 Å². The maximum Gasteiger partial charge on any atom is 0.196 e. The average molecular weight is 292 g/mol. The van der Waals surface area contributed by atoms with Crippen LogP contribution in [0.1, 0.15) is 33.1 Å². The number of rotatable bonds is 1. The highest BCUT2D eigenvalue weighted by Crippen LogP contribution is 2.44. The first kappa shape index (κ1) is 13.7. The molecule has 3 unspecified atom stereocenters. The third-order valence-electron chi connectivity index (χ3n) is 5.06. The zero-order valence-electron chi connectivity index (χ0n) is 12.1. The summed E-state index contributed by atoms with van der Waals surface area (Å²) in [5.74, 6) is 2.14. The summed E-state index contributed by atoms with van der Waals surface area (Å²) >= 11 is 5.99. The van der Waals surface area contributed by atoms with E-state index in [1.165, 1.54) is 6.42 Å². The van der Waals surface area contributed by atoms with Crippen molar-refractivity contribution < 1.29 is 0 Å². The van der Waals surface area contributed by atoms with E-state index < -0.39 is 0 Å². The van der Waals surface area contributed by atoms with Crippen molar-refractivity contribution in [3.63, 3.8) is 0 Å². The van der Waals surface area contributed by atoms with E-state index >= 15 is 0 Å². The highest BCUT2D eigenvalue weighted by atomic mass is 35.5. The van der Waals surface area contributed by atoms with Crippen molar-refractivity contribution >= 4 is 23.2 Å². The molecule has 1 aromatic rings. The van der Waals surface area contributed by atoms with Gasteiger partial charge in [0, 0.05) is 10.7 Å². The Labute approximate surface area is 125 Å². The first-order chi connectivity index (χ1) is 9.52. The molecule has 1 fully saturated rings. The lowest BCUT2D eigenvalue weighted by Crippen LogP contribution is -2.55. The normalized spacial score (nSPS) is 33.5. The molecule has 1 aromatic carbocycles. The molecule has 1 saturated carbocycles. The molecule has 1 aliphatic carbocycles. The second kappa shape index (κ2) is 4.96. The molecule has 1 aliphatic heterocycles. The summed E-state index contributed by atoms with van der Waals surface area (Å²) in [5.41, 5.74) is 7.36. The number of nitrogens with zero attached hydrogens (tertiary/aromatic N) is 2. The van der Waals surface area contributed by atoms with E-state index in [-0.39, 0.29) is 5.54 Å². The molecule has 4 heteroatoms. The van der Waals surface area contributed by atoms with Crippen LogP contribution in [0.25, 0.3) is 0 Å². The minimum atomic E-state index is 0.0733. The van der Waals surface area contributed by atoms with Gasteiger partial charge in [-0.25, -0.2) is 0 Å². The van der Waals surface area contributed by atoms with Crippen LogP contribution in [0.5, 0.6) is 0 Å². The van der Waals surface area contributed by atoms with E-state index in [0.717, 1.165) is 36.0 Å². The van der Waals surface area contributed by atoms with Crippen LogP contribution in [0.15, 0.2) is 29.3 Å². The molecule has 0 bridgehead atoms. The third kappa shape index (κ3) is 2.18. The van der Waals surface area contributed by atoms with Gasteiger partial charge in [-0.3, -0.25) is 4.99 Å². The van der Waals surface area contributed by atoms with E-state index in [2.05, 4.69) is 23.7 Å². The minimum Gasteiger partial charge on any atom is -0.369 e. The Hall–Kier alpha value is -1.22. The van der Waals surface area contributed by atoms with Crippen molar-refractivity contribution in [2.45, 2.75) is 38.6 Å². The van der Waals surface area contributed by atoms with Gasteiger partial charge >= 0.3 is 0 Å². The molecule has 0 aromatic heterocycles. The quantitative estimate of drug-likeness (QED) is 0.858. The zero-order valence-corrected chi connectivity index (χ0v) is 12.9. The van der Waals surface area contributed by atoms with Gasteiger partial charge in [-0.2, -0.15) is 0 Å². The van der Waals surface area contributed by atoms with E-state index in [4.69, 9.17) is 17.3 Å². The molecule has 2 aliphatic rings. The van der Waals surface area contributed by atoms with E-state index in [9.17, 15) is 0 Å². The number of hydrogen-bond donors (Lipinski definition) is 1. The predicted molar refractivity (Wildman–Crippen MR) is 85.3 cm³/mol. The van der Waals surface area contributed by atoms with E-state index in [1.54, 1.807) is 0 Å². The van der Waals surface area contributed by atoms with Crippen LogP contribution in [0.2, 0.25) is 5.02 Å². The Bertz CT molecular complexity index is 525. The van der Waals surface area contributed by atoms with Crippen LogP contribution in [-0.4, -0.2) is 18.0 Å². The molecular formula is C16H22ClN3. The summed E-state index contributed by atoms with van der Waals surface area (Å²) in [7, 11) is 0. The molecule has 3 nitrogen and oxygen atoms in total. The summed E-state index contributed by atoms with van der Waals surface area (Å²) in [4.78, 5) is 6.78. The fourth-order valence-corrected chi connectivity index (χ4v) is 3.76. The lowest BCUT2D eigenvalue weighted by Gasteiger charge is -2.46. The largest absolute Gasteiger partial charge is 0.369 e. The molecule has 108 valence electrons. The number of benzene rings is 1. The van der Waals surface area contributed by atoms with Crippen LogP contribution >= 0.6 is 11.6 Å². The highest BCUT2D eigenvalue weighted by Gasteiger charge is 2.46. The van der Waals surface area contributed by atoms with Gasteiger partial charge in [0.2, 0.25) is 0 Å². The Morgan fingerprint density at radius 3 is 2.60 bits per heavy atom. The SMILES string of the molecule is CC1CCC2(CN=C(N)N2c2ccc(Cl)cc2)CC1C. The average Bonchev–Trinajstić information content (AvgIpc) is 2.73. The number of hydrogen-bond acceptors (Lipinski definition) is 3. The predicted octanol–water partition coefficient (Wildman–Crippen LogP) is 3.67. The number of guanidine groups is 1. The number of aliphatic imine (C=N–C) groups is 1. The molecule has 3 atom stereocenters. The van der Waals surface area contributed by atoms with E-state index in [1.807, 2.05) is 24.3 Å². The second-order valence-corrected chi connectivity index (χ2v) is 6.84. The molecule has 2 N–H and O–H groups in total. The lowest BCUT2D eigenvalue weighted by atomic mass is 9.70. The van der Waals surface area contributed by atoms with Gasteiger partial charge in [0.1, 0.15) is 0 Å². The molecule has 0 saturated heterocycles. The van der Waals surface area contributed by atoms with E-state index in [0.29, 0.717) is 11.9 Å². The first-order valence-electron chi connectivity index (χ1n) is 7.37. The third-order valence-corrected chi connectivity index (χ3v) is 5.31. The molecule has 0 radical (unpaired) electrons. The fraction of sp³-hybridized carbons (Fsp3) is 0.562. The summed E-state index contributed by atoms with van der Waals surface area (Å²) in [5, 5.41) is 0.753. The van der Waals surface area contributed by atoms with Gasteiger partial charge < -0.3 is 10.6 Å². The zero-order chi connectivity index (χ0) is 14.3. The van der Waals surface area contributed by atoms with Crippen molar-refractivity contribution in [2.24, 2.45) is 22.6 Å². The number of nitrogens with two attached hydrogens (primary N) is 1. The van der Waals surface area contributed by atoms with Crippen molar-refractivity contribution in [2.75, 3.05) is 11.4 Å². The molecule has 3 rings (SSSR count). The van der Waals surface area contributed by atoms with Gasteiger partial charge in [0.05, 0.1) is 12.1 Å². The fourth-order valence-electron chi connectivity index (χ4n) is 3.64.